The molecule has 0 radical (unpaired) electrons. The molecular weight excluding hydrogens is 240 g/mol. The molecule has 0 saturated carbocycles. The topological polar surface area (TPSA) is 9.23 Å². The van der Waals surface area contributed by atoms with Crippen LogP contribution in [0.15, 0.2) is 36.4 Å². The molecule has 0 N–H and O–H groups in total. The molecular formula is C12H15BrO. The number of halogens is 1. The zero-order valence-corrected chi connectivity index (χ0v) is 10.1. The number of benzene rings is 1. The summed E-state index contributed by atoms with van der Waals surface area (Å²) in [6, 6.07) is 8.14. The van der Waals surface area contributed by atoms with Crippen LogP contribution in [0.5, 0.6) is 5.75 Å². The normalized spacial score (nSPS) is 13.1. The average Bonchev–Trinajstić information content (AvgIpc) is 2.26. The minimum absolute atomic E-state index is 0.393. The first-order chi connectivity index (χ1) is 6.77. The van der Waals surface area contributed by atoms with Crippen molar-refractivity contribution in [2.45, 2.75) is 18.2 Å². The summed E-state index contributed by atoms with van der Waals surface area (Å²) in [5.74, 6) is 0.902. The SMILES string of the molecule is C/C=C/CC(Br)c1ccc(OC)cc1. The van der Waals surface area contributed by atoms with E-state index in [-0.39, 0.29) is 0 Å². The Balaban J connectivity index is 2.66. The third-order valence-corrected chi connectivity index (χ3v) is 2.96. The summed E-state index contributed by atoms with van der Waals surface area (Å²) in [4.78, 5) is 0.393. The number of allylic oxidation sites excluding steroid dienone is 2. The fourth-order valence-electron chi connectivity index (χ4n) is 1.20. The smallest absolute Gasteiger partial charge is 0.118 e. The van der Waals surface area contributed by atoms with Crippen LogP contribution in [0.3, 0.4) is 0 Å². The summed E-state index contributed by atoms with van der Waals surface area (Å²) in [7, 11) is 1.68. The molecule has 0 amide bonds. The molecule has 0 heterocycles. The maximum absolute atomic E-state index is 5.10. The van der Waals surface area contributed by atoms with Crippen LogP contribution >= 0.6 is 15.9 Å². The average molecular weight is 255 g/mol. The van der Waals surface area contributed by atoms with E-state index in [4.69, 9.17) is 4.74 Å². The third-order valence-electron chi connectivity index (χ3n) is 2.06. The van der Waals surface area contributed by atoms with Gasteiger partial charge in [-0.3, -0.25) is 0 Å². The highest BCUT2D eigenvalue weighted by Gasteiger charge is 2.04. The van der Waals surface area contributed by atoms with Crippen molar-refractivity contribution in [3.63, 3.8) is 0 Å². The molecule has 1 aromatic rings. The van der Waals surface area contributed by atoms with Gasteiger partial charge in [0, 0.05) is 4.83 Å². The molecule has 14 heavy (non-hydrogen) atoms. The molecule has 1 aromatic carbocycles. The van der Waals surface area contributed by atoms with Gasteiger partial charge in [-0.1, -0.05) is 40.2 Å². The van der Waals surface area contributed by atoms with Gasteiger partial charge in [-0.25, -0.2) is 0 Å². The van der Waals surface area contributed by atoms with Crippen molar-refractivity contribution in [2.75, 3.05) is 7.11 Å². The van der Waals surface area contributed by atoms with Gasteiger partial charge in [-0.2, -0.15) is 0 Å². The number of ether oxygens (including phenoxy) is 1. The standard InChI is InChI=1S/C12H15BrO/c1-3-4-5-12(13)10-6-8-11(14-2)9-7-10/h3-4,6-9,12H,5H2,1-2H3/b4-3+. The van der Waals surface area contributed by atoms with E-state index in [0.717, 1.165) is 12.2 Å². The largest absolute Gasteiger partial charge is 0.497 e. The van der Waals surface area contributed by atoms with E-state index in [1.165, 1.54) is 5.56 Å². The van der Waals surface area contributed by atoms with Crippen molar-refractivity contribution in [3.05, 3.63) is 42.0 Å². The van der Waals surface area contributed by atoms with E-state index in [0.29, 0.717) is 4.83 Å². The molecule has 2 heteroatoms. The van der Waals surface area contributed by atoms with E-state index in [2.05, 4.69) is 40.2 Å². The van der Waals surface area contributed by atoms with Gasteiger partial charge in [0.25, 0.3) is 0 Å². The number of methoxy groups -OCH3 is 1. The molecule has 0 bridgehead atoms. The van der Waals surface area contributed by atoms with Gasteiger partial charge in [-0.15, -0.1) is 0 Å². The van der Waals surface area contributed by atoms with E-state index in [1.54, 1.807) is 7.11 Å². The number of hydrogen-bond donors (Lipinski definition) is 0. The van der Waals surface area contributed by atoms with E-state index in [1.807, 2.05) is 19.1 Å². The van der Waals surface area contributed by atoms with Crippen molar-refractivity contribution < 1.29 is 4.74 Å². The van der Waals surface area contributed by atoms with Crippen molar-refractivity contribution in [2.24, 2.45) is 0 Å². The number of hydrogen-bond acceptors (Lipinski definition) is 1. The maximum Gasteiger partial charge on any atom is 0.118 e. The van der Waals surface area contributed by atoms with E-state index >= 15 is 0 Å². The number of rotatable bonds is 4. The zero-order chi connectivity index (χ0) is 10.4. The lowest BCUT2D eigenvalue weighted by Gasteiger charge is -2.08. The third kappa shape index (κ3) is 3.18. The van der Waals surface area contributed by atoms with Crippen LogP contribution in [0.25, 0.3) is 0 Å². The highest BCUT2D eigenvalue weighted by Crippen LogP contribution is 2.27. The summed E-state index contributed by atoms with van der Waals surface area (Å²) >= 11 is 3.64. The summed E-state index contributed by atoms with van der Waals surface area (Å²) in [6.45, 7) is 2.04. The summed E-state index contributed by atoms with van der Waals surface area (Å²) in [6.07, 6.45) is 5.24. The fourth-order valence-corrected chi connectivity index (χ4v) is 1.73. The predicted octanol–water partition coefficient (Wildman–Crippen LogP) is 4.10. The first-order valence-electron chi connectivity index (χ1n) is 4.67. The lowest BCUT2D eigenvalue weighted by atomic mass is 10.1. The molecule has 0 aliphatic carbocycles. The molecule has 1 nitrogen and oxygen atoms in total. The lowest BCUT2D eigenvalue weighted by molar-refractivity contribution is 0.414. The molecule has 0 fully saturated rings. The highest BCUT2D eigenvalue weighted by atomic mass is 79.9. The number of alkyl halides is 1. The Kier molecular flexibility index (Phi) is 4.74. The van der Waals surface area contributed by atoms with Gasteiger partial charge in [-0.05, 0) is 31.0 Å². The minimum atomic E-state index is 0.393. The van der Waals surface area contributed by atoms with Gasteiger partial charge in [0.15, 0.2) is 0 Å². The highest BCUT2D eigenvalue weighted by molar-refractivity contribution is 9.09. The Hall–Kier alpha value is -0.760. The first-order valence-corrected chi connectivity index (χ1v) is 5.58. The van der Waals surface area contributed by atoms with Gasteiger partial charge in [0.1, 0.15) is 5.75 Å². The van der Waals surface area contributed by atoms with Gasteiger partial charge in [0.05, 0.1) is 7.11 Å². The Morgan fingerprint density at radius 2 is 2.00 bits per heavy atom. The quantitative estimate of drug-likeness (QED) is 0.581. The molecule has 0 aliphatic heterocycles. The van der Waals surface area contributed by atoms with Crippen LogP contribution in [0, 0.1) is 0 Å². The Bertz CT molecular complexity index is 290. The van der Waals surface area contributed by atoms with E-state index < -0.39 is 0 Å². The van der Waals surface area contributed by atoms with Crippen LogP contribution in [0.2, 0.25) is 0 Å². The molecule has 1 rings (SSSR count). The Labute approximate surface area is 93.9 Å². The Morgan fingerprint density at radius 1 is 1.36 bits per heavy atom. The second kappa shape index (κ2) is 5.86. The molecule has 1 unspecified atom stereocenters. The van der Waals surface area contributed by atoms with Crippen molar-refractivity contribution in [3.8, 4) is 5.75 Å². The molecule has 0 aromatic heterocycles. The van der Waals surface area contributed by atoms with Crippen molar-refractivity contribution in [1.82, 2.24) is 0 Å². The summed E-state index contributed by atoms with van der Waals surface area (Å²) < 4.78 is 5.10. The second-order valence-corrected chi connectivity index (χ2v) is 4.15. The summed E-state index contributed by atoms with van der Waals surface area (Å²) in [5.41, 5.74) is 1.28. The van der Waals surface area contributed by atoms with Gasteiger partial charge < -0.3 is 4.74 Å². The maximum atomic E-state index is 5.10. The molecule has 1 atom stereocenters. The fraction of sp³-hybridized carbons (Fsp3) is 0.333. The Morgan fingerprint density at radius 3 is 2.50 bits per heavy atom. The molecule has 76 valence electrons. The van der Waals surface area contributed by atoms with Crippen LogP contribution in [0.4, 0.5) is 0 Å². The van der Waals surface area contributed by atoms with Gasteiger partial charge >= 0.3 is 0 Å². The predicted molar refractivity (Wildman–Crippen MR) is 64.1 cm³/mol. The zero-order valence-electron chi connectivity index (χ0n) is 8.53. The van der Waals surface area contributed by atoms with Crippen molar-refractivity contribution in [1.29, 1.82) is 0 Å². The molecule has 0 saturated heterocycles. The van der Waals surface area contributed by atoms with Crippen LogP contribution < -0.4 is 4.74 Å². The lowest BCUT2D eigenvalue weighted by Crippen LogP contribution is -1.88. The monoisotopic (exact) mass is 254 g/mol. The minimum Gasteiger partial charge on any atom is -0.497 e. The van der Waals surface area contributed by atoms with Crippen LogP contribution in [-0.4, -0.2) is 7.11 Å². The molecule has 0 spiro atoms. The second-order valence-electron chi connectivity index (χ2n) is 3.05. The van der Waals surface area contributed by atoms with Gasteiger partial charge in [0.2, 0.25) is 0 Å². The van der Waals surface area contributed by atoms with E-state index in [9.17, 15) is 0 Å². The molecule has 0 aliphatic rings. The van der Waals surface area contributed by atoms with Crippen LogP contribution in [-0.2, 0) is 0 Å². The van der Waals surface area contributed by atoms with Crippen molar-refractivity contribution >= 4 is 15.9 Å². The first kappa shape index (κ1) is 11.3. The van der Waals surface area contributed by atoms with Crippen LogP contribution in [0.1, 0.15) is 23.7 Å². The summed E-state index contributed by atoms with van der Waals surface area (Å²) in [5, 5.41) is 0.